The first-order valence-electron chi connectivity index (χ1n) is 10.9. The maximum Gasteiger partial charge on any atom is 0.416 e. The number of halogens is 4. The van der Waals surface area contributed by atoms with Gasteiger partial charge in [0, 0.05) is 6.54 Å². The largest absolute Gasteiger partial charge is 0.494 e. The van der Waals surface area contributed by atoms with Gasteiger partial charge >= 0.3 is 6.18 Å². The van der Waals surface area contributed by atoms with E-state index in [0.29, 0.717) is 29.5 Å². The number of benzene rings is 3. The van der Waals surface area contributed by atoms with Crippen molar-refractivity contribution < 1.29 is 31.1 Å². The van der Waals surface area contributed by atoms with E-state index in [2.05, 4.69) is 5.32 Å². The van der Waals surface area contributed by atoms with Gasteiger partial charge in [-0.05, 0) is 61.4 Å². The lowest BCUT2D eigenvalue weighted by Crippen LogP contribution is -2.37. The number of anilines is 1. The Labute approximate surface area is 212 Å². The van der Waals surface area contributed by atoms with Gasteiger partial charge in [-0.2, -0.15) is 17.5 Å². The van der Waals surface area contributed by atoms with Crippen LogP contribution in [0.25, 0.3) is 0 Å². The highest BCUT2D eigenvalue weighted by Gasteiger charge is 2.32. The molecule has 192 valence electrons. The van der Waals surface area contributed by atoms with Crippen LogP contribution in [0.2, 0.25) is 5.02 Å². The van der Waals surface area contributed by atoms with Crippen LogP contribution < -0.4 is 10.1 Å². The molecule has 0 aromatic heterocycles. The van der Waals surface area contributed by atoms with Crippen LogP contribution in [0, 0.1) is 6.92 Å². The maximum absolute atomic E-state index is 13.5. The average molecular weight is 541 g/mol. The molecule has 1 amide bonds. The second-order valence-electron chi connectivity index (χ2n) is 7.86. The number of sulfonamides is 1. The van der Waals surface area contributed by atoms with E-state index >= 15 is 0 Å². The highest BCUT2D eigenvalue weighted by Crippen LogP contribution is 2.34. The second kappa shape index (κ2) is 11.3. The molecule has 3 rings (SSSR count). The first-order chi connectivity index (χ1) is 16.9. The lowest BCUT2D eigenvalue weighted by molar-refractivity contribution is -0.137. The van der Waals surface area contributed by atoms with Crippen molar-refractivity contribution >= 4 is 33.2 Å². The maximum atomic E-state index is 13.5. The van der Waals surface area contributed by atoms with E-state index in [1.807, 2.05) is 0 Å². The molecule has 11 heteroatoms. The SMILES string of the molecule is CCOc1ccc(S(=O)(=O)N(CC(=O)Nc2cc(C(F)(F)F)ccc2Cl)Cc2ccccc2)cc1C. The number of nitrogens with one attached hydrogen (secondary N) is 1. The number of ether oxygens (including phenoxy) is 1. The van der Waals surface area contributed by atoms with Crippen LogP contribution >= 0.6 is 11.6 Å². The molecule has 0 unspecified atom stereocenters. The van der Waals surface area contributed by atoms with Crippen molar-refractivity contribution in [1.29, 1.82) is 0 Å². The number of carbonyl (C=O) groups excluding carboxylic acids is 1. The zero-order valence-electron chi connectivity index (χ0n) is 19.5. The molecule has 0 aliphatic carbocycles. The van der Waals surface area contributed by atoms with Crippen LogP contribution in [-0.2, 0) is 27.5 Å². The van der Waals surface area contributed by atoms with Crippen molar-refractivity contribution in [3.05, 3.63) is 88.4 Å². The Balaban J connectivity index is 1.92. The summed E-state index contributed by atoms with van der Waals surface area (Å²) in [5.74, 6) is -0.318. The monoisotopic (exact) mass is 540 g/mol. The molecule has 0 radical (unpaired) electrons. The highest BCUT2D eigenvalue weighted by atomic mass is 35.5. The summed E-state index contributed by atoms with van der Waals surface area (Å²) in [5, 5.41) is 2.19. The number of carbonyl (C=O) groups is 1. The van der Waals surface area contributed by atoms with E-state index in [0.717, 1.165) is 16.4 Å². The van der Waals surface area contributed by atoms with E-state index in [1.54, 1.807) is 44.2 Å². The first kappa shape index (κ1) is 27.5. The van der Waals surface area contributed by atoms with Gasteiger partial charge in [-0.15, -0.1) is 0 Å². The average Bonchev–Trinajstić information content (AvgIpc) is 2.81. The molecule has 0 aliphatic heterocycles. The second-order valence-corrected chi connectivity index (χ2v) is 10.2. The topological polar surface area (TPSA) is 75.7 Å². The summed E-state index contributed by atoms with van der Waals surface area (Å²) in [5.41, 5.74) is -0.0577. The quantitative estimate of drug-likeness (QED) is 0.367. The summed E-state index contributed by atoms with van der Waals surface area (Å²) in [6, 6.07) is 15.5. The zero-order valence-corrected chi connectivity index (χ0v) is 21.0. The molecule has 3 aromatic carbocycles. The predicted molar refractivity (Wildman–Crippen MR) is 131 cm³/mol. The number of nitrogens with zero attached hydrogens (tertiary/aromatic N) is 1. The van der Waals surface area contributed by atoms with Crippen molar-refractivity contribution in [3.8, 4) is 5.75 Å². The first-order valence-corrected chi connectivity index (χ1v) is 12.7. The van der Waals surface area contributed by atoms with Crippen LogP contribution in [0.15, 0.2) is 71.6 Å². The molecule has 3 aromatic rings. The van der Waals surface area contributed by atoms with Crippen molar-refractivity contribution in [2.75, 3.05) is 18.5 Å². The number of amides is 1. The molecule has 6 nitrogen and oxygen atoms in total. The van der Waals surface area contributed by atoms with Crippen molar-refractivity contribution in [2.24, 2.45) is 0 Å². The Morgan fingerprint density at radius 2 is 1.75 bits per heavy atom. The molecular weight excluding hydrogens is 517 g/mol. The van der Waals surface area contributed by atoms with E-state index < -0.39 is 34.2 Å². The summed E-state index contributed by atoms with van der Waals surface area (Å²) >= 11 is 5.97. The van der Waals surface area contributed by atoms with E-state index in [4.69, 9.17) is 16.3 Å². The van der Waals surface area contributed by atoms with Gasteiger partial charge in [0.15, 0.2) is 0 Å². The molecule has 0 saturated carbocycles. The third-order valence-electron chi connectivity index (χ3n) is 5.17. The number of aryl methyl sites for hydroxylation is 1. The normalized spacial score (nSPS) is 12.0. The lowest BCUT2D eigenvalue weighted by Gasteiger charge is -2.23. The summed E-state index contributed by atoms with van der Waals surface area (Å²) in [6.45, 7) is 3.12. The molecule has 0 saturated heterocycles. The van der Waals surface area contributed by atoms with Gasteiger partial charge < -0.3 is 10.1 Å². The Bertz CT molecular complexity index is 1330. The Hall–Kier alpha value is -3.08. The van der Waals surface area contributed by atoms with Gasteiger partial charge in [-0.25, -0.2) is 8.42 Å². The van der Waals surface area contributed by atoms with Crippen LogP contribution in [0.3, 0.4) is 0 Å². The van der Waals surface area contributed by atoms with Gasteiger partial charge in [0.25, 0.3) is 0 Å². The Morgan fingerprint density at radius 1 is 1.06 bits per heavy atom. The smallest absolute Gasteiger partial charge is 0.416 e. The molecule has 36 heavy (non-hydrogen) atoms. The summed E-state index contributed by atoms with van der Waals surface area (Å²) in [6.07, 6.45) is -4.64. The lowest BCUT2D eigenvalue weighted by atomic mass is 10.2. The van der Waals surface area contributed by atoms with Crippen molar-refractivity contribution in [2.45, 2.75) is 31.5 Å². The van der Waals surface area contributed by atoms with Crippen LogP contribution in [0.4, 0.5) is 18.9 Å². The highest BCUT2D eigenvalue weighted by molar-refractivity contribution is 7.89. The van der Waals surface area contributed by atoms with Gasteiger partial charge in [0.2, 0.25) is 15.9 Å². The molecule has 0 fully saturated rings. The fraction of sp³-hybridized carbons (Fsp3) is 0.240. The molecule has 0 atom stereocenters. The van der Waals surface area contributed by atoms with E-state index in [9.17, 15) is 26.4 Å². The number of hydrogen-bond acceptors (Lipinski definition) is 4. The minimum Gasteiger partial charge on any atom is -0.494 e. The fourth-order valence-electron chi connectivity index (χ4n) is 3.41. The van der Waals surface area contributed by atoms with Crippen molar-refractivity contribution in [1.82, 2.24) is 4.31 Å². The number of rotatable bonds is 9. The number of hydrogen-bond donors (Lipinski definition) is 1. The van der Waals surface area contributed by atoms with E-state index in [1.165, 1.54) is 18.2 Å². The molecular formula is C25H24ClF3N2O4S. The molecule has 0 aliphatic rings. The standard InChI is InChI=1S/C25H24ClF3N2O4S/c1-3-35-23-12-10-20(13-17(23)2)36(33,34)31(15-18-7-5-4-6-8-18)16-24(32)30-22-14-19(25(27,28)29)9-11-21(22)26/h4-14H,3,15-16H2,1-2H3,(H,30,32). The third-order valence-corrected chi connectivity index (χ3v) is 7.29. The minimum atomic E-state index is -4.64. The molecule has 0 bridgehead atoms. The zero-order chi connectivity index (χ0) is 26.5. The Morgan fingerprint density at radius 3 is 2.36 bits per heavy atom. The fourth-order valence-corrected chi connectivity index (χ4v) is 5.04. The van der Waals surface area contributed by atoms with Crippen LogP contribution in [0.5, 0.6) is 5.75 Å². The van der Waals surface area contributed by atoms with Gasteiger partial charge in [0.1, 0.15) is 5.75 Å². The Kier molecular flexibility index (Phi) is 8.65. The van der Waals surface area contributed by atoms with Crippen LogP contribution in [-0.4, -0.2) is 31.8 Å². The molecule has 0 heterocycles. The third kappa shape index (κ3) is 6.77. The summed E-state index contributed by atoms with van der Waals surface area (Å²) < 4.78 is 72.8. The molecule has 0 spiro atoms. The van der Waals surface area contributed by atoms with Gasteiger partial charge in [-0.1, -0.05) is 41.9 Å². The summed E-state index contributed by atoms with van der Waals surface area (Å²) in [4.78, 5) is 12.8. The predicted octanol–water partition coefficient (Wildman–Crippen LogP) is 5.90. The summed E-state index contributed by atoms with van der Waals surface area (Å²) in [7, 11) is -4.18. The van der Waals surface area contributed by atoms with Gasteiger partial charge in [-0.3, -0.25) is 4.79 Å². The van der Waals surface area contributed by atoms with E-state index in [-0.39, 0.29) is 22.2 Å². The molecule has 1 N–H and O–H groups in total. The number of alkyl halides is 3. The van der Waals surface area contributed by atoms with Crippen molar-refractivity contribution in [3.63, 3.8) is 0 Å². The van der Waals surface area contributed by atoms with Gasteiger partial charge in [0.05, 0.1) is 34.3 Å². The minimum absolute atomic E-state index is 0.0516. The van der Waals surface area contributed by atoms with Crippen LogP contribution in [0.1, 0.15) is 23.6 Å².